The molecule has 0 saturated carbocycles. The van der Waals surface area contributed by atoms with Gasteiger partial charge < -0.3 is 10.1 Å². The van der Waals surface area contributed by atoms with Gasteiger partial charge in [-0.15, -0.1) is 0 Å². The number of carbonyl (C=O) groups is 1. The van der Waals surface area contributed by atoms with Crippen molar-refractivity contribution < 1.29 is 9.53 Å². The van der Waals surface area contributed by atoms with Crippen LogP contribution in [0.4, 0.5) is 22.0 Å². The molecule has 0 atom stereocenters. The van der Waals surface area contributed by atoms with E-state index < -0.39 is 11.7 Å². The Bertz CT molecular complexity index is 677. The molecule has 0 bridgehead atoms. The molecule has 2 rings (SSSR count). The van der Waals surface area contributed by atoms with Crippen LogP contribution in [0.15, 0.2) is 36.5 Å². The Balaban J connectivity index is 2.00. The number of pyridine rings is 1. The number of hydrogen-bond acceptors (Lipinski definition) is 4. The summed E-state index contributed by atoms with van der Waals surface area (Å²) in [6, 6.07) is 8.59. The summed E-state index contributed by atoms with van der Waals surface area (Å²) in [6.07, 6.45) is 1.04. The molecule has 5 nitrogen and oxygen atoms in total. The molecular weight excluding hydrogens is 337 g/mol. The zero-order valence-corrected chi connectivity index (χ0v) is 14.5. The Morgan fingerprint density at radius 2 is 1.74 bits per heavy atom. The van der Waals surface area contributed by atoms with E-state index >= 15 is 0 Å². The van der Waals surface area contributed by atoms with Crippen molar-refractivity contribution >= 4 is 46.5 Å². The van der Waals surface area contributed by atoms with Crippen LogP contribution in [-0.4, -0.2) is 16.7 Å². The largest absolute Gasteiger partial charge is 0.444 e. The van der Waals surface area contributed by atoms with Crippen molar-refractivity contribution in [1.29, 1.82) is 0 Å². The number of aromatic nitrogens is 1. The molecule has 1 heterocycles. The average Bonchev–Trinajstić information content (AvgIpc) is 2.37. The second-order valence-electron chi connectivity index (χ2n) is 5.84. The summed E-state index contributed by atoms with van der Waals surface area (Å²) in [5.74, 6) is 0.397. The van der Waals surface area contributed by atoms with Crippen LogP contribution < -0.4 is 10.6 Å². The highest BCUT2D eigenvalue weighted by molar-refractivity contribution is 6.35. The van der Waals surface area contributed by atoms with E-state index in [1.807, 2.05) is 0 Å². The van der Waals surface area contributed by atoms with Crippen molar-refractivity contribution in [2.24, 2.45) is 0 Å². The molecule has 0 unspecified atom stereocenters. The number of benzene rings is 1. The van der Waals surface area contributed by atoms with Crippen molar-refractivity contribution in [3.8, 4) is 0 Å². The van der Waals surface area contributed by atoms with Gasteiger partial charge in [-0.2, -0.15) is 0 Å². The topological polar surface area (TPSA) is 63.2 Å². The van der Waals surface area contributed by atoms with E-state index in [-0.39, 0.29) is 0 Å². The fraction of sp³-hybridized carbons (Fsp3) is 0.250. The van der Waals surface area contributed by atoms with Crippen LogP contribution >= 0.6 is 23.2 Å². The van der Waals surface area contributed by atoms with Gasteiger partial charge in [-0.3, -0.25) is 5.32 Å². The first-order valence-corrected chi connectivity index (χ1v) is 7.66. The van der Waals surface area contributed by atoms with Crippen LogP contribution in [0.25, 0.3) is 0 Å². The van der Waals surface area contributed by atoms with E-state index in [1.54, 1.807) is 57.3 Å². The van der Waals surface area contributed by atoms with E-state index in [4.69, 9.17) is 27.9 Å². The molecule has 0 aliphatic carbocycles. The minimum Gasteiger partial charge on any atom is -0.444 e. The highest BCUT2D eigenvalue weighted by Gasteiger charge is 2.16. The SMILES string of the molecule is CC(C)(C)OC(=O)Nc1ccc(Nc2cc(Cl)cc(Cl)c2)cn1. The molecule has 0 spiro atoms. The van der Waals surface area contributed by atoms with E-state index in [9.17, 15) is 4.79 Å². The van der Waals surface area contributed by atoms with Crippen LogP contribution in [-0.2, 0) is 4.74 Å². The van der Waals surface area contributed by atoms with Crippen molar-refractivity contribution in [3.63, 3.8) is 0 Å². The fourth-order valence-corrected chi connectivity index (χ4v) is 2.27. The average molecular weight is 354 g/mol. The number of amides is 1. The molecule has 1 amide bonds. The molecular formula is C16H17Cl2N3O2. The van der Waals surface area contributed by atoms with Gasteiger partial charge >= 0.3 is 6.09 Å². The molecule has 122 valence electrons. The van der Waals surface area contributed by atoms with Gasteiger partial charge in [0.25, 0.3) is 0 Å². The molecule has 0 saturated heterocycles. The van der Waals surface area contributed by atoms with Gasteiger partial charge in [0, 0.05) is 15.7 Å². The van der Waals surface area contributed by atoms with Gasteiger partial charge in [-0.25, -0.2) is 9.78 Å². The van der Waals surface area contributed by atoms with Crippen molar-refractivity contribution in [2.45, 2.75) is 26.4 Å². The monoisotopic (exact) mass is 353 g/mol. The van der Waals surface area contributed by atoms with Gasteiger partial charge in [0.2, 0.25) is 0 Å². The molecule has 2 aromatic rings. The minimum atomic E-state index is -0.558. The Labute approximate surface area is 145 Å². The van der Waals surface area contributed by atoms with Crippen molar-refractivity contribution in [2.75, 3.05) is 10.6 Å². The first kappa shape index (κ1) is 17.4. The van der Waals surface area contributed by atoms with Crippen molar-refractivity contribution in [3.05, 3.63) is 46.6 Å². The lowest BCUT2D eigenvalue weighted by Crippen LogP contribution is -2.27. The number of nitrogens with one attached hydrogen (secondary N) is 2. The summed E-state index contributed by atoms with van der Waals surface area (Å²) in [5.41, 5.74) is 0.924. The number of ether oxygens (including phenoxy) is 1. The summed E-state index contributed by atoms with van der Waals surface area (Å²) >= 11 is 11.9. The van der Waals surface area contributed by atoms with E-state index in [0.29, 0.717) is 15.9 Å². The quantitative estimate of drug-likeness (QED) is 0.766. The molecule has 1 aromatic heterocycles. The zero-order chi connectivity index (χ0) is 17.0. The predicted molar refractivity (Wildman–Crippen MR) is 93.8 cm³/mol. The molecule has 0 radical (unpaired) electrons. The fourth-order valence-electron chi connectivity index (χ4n) is 1.74. The van der Waals surface area contributed by atoms with Gasteiger partial charge in [-0.05, 0) is 51.1 Å². The molecule has 1 aromatic carbocycles. The van der Waals surface area contributed by atoms with Crippen LogP contribution in [0.1, 0.15) is 20.8 Å². The summed E-state index contributed by atoms with van der Waals surface area (Å²) in [5, 5.41) is 6.77. The van der Waals surface area contributed by atoms with Crippen LogP contribution in [0, 0.1) is 0 Å². The maximum absolute atomic E-state index is 11.7. The lowest BCUT2D eigenvalue weighted by molar-refractivity contribution is 0.0635. The Kier molecular flexibility index (Phi) is 5.34. The molecule has 0 aliphatic rings. The van der Waals surface area contributed by atoms with Gasteiger partial charge in [0.1, 0.15) is 11.4 Å². The molecule has 0 aliphatic heterocycles. The Morgan fingerprint density at radius 3 is 2.26 bits per heavy atom. The number of hydrogen-bond donors (Lipinski definition) is 2. The number of anilines is 3. The third kappa shape index (κ3) is 5.96. The van der Waals surface area contributed by atoms with E-state index in [0.717, 1.165) is 11.4 Å². The van der Waals surface area contributed by atoms with E-state index in [2.05, 4.69) is 15.6 Å². The Hall–Kier alpha value is -1.98. The summed E-state index contributed by atoms with van der Waals surface area (Å²) < 4.78 is 5.16. The first-order valence-electron chi connectivity index (χ1n) is 6.90. The summed E-state index contributed by atoms with van der Waals surface area (Å²) in [4.78, 5) is 15.8. The van der Waals surface area contributed by atoms with Crippen LogP contribution in [0.5, 0.6) is 0 Å². The maximum atomic E-state index is 11.7. The highest BCUT2D eigenvalue weighted by atomic mass is 35.5. The minimum absolute atomic E-state index is 0.397. The molecule has 2 N–H and O–H groups in total. The lowest BCUT2D eigenvalue weighted by Gasteiger charge is -2.19. The van der Waals surface area contributed by atoms with Crippen LogP contribution in [0.3, 0.4) is 0 Å². The second kappa shape index (κ2) is 7.06. The highest BCUT2D eigenvalue weighted by Crippen LogP contribution is 2.25. The lowest BCUT2D eigenvalue weighted by atomic mass is 10.2. The first-order chi connectivity index (χ1) is 10.7. The molecule has 0 fully saturated rings. The predicted octanol–water partition coefficient (Wildman–Crippen LogP) is 5.48. The second-order valence-corrected chi connectivity index (χ2v) is 6.72. The third-order valence-electron chi connectivity index (χ3n) is 2.54. The molecule has 7 heteroatoms. The Morgan fingerprint density at radius 1 is 1.09 bits per heavy atom. The summed E-state index contributed by atoms with van der Waals surface area (Å²) in [6.45, 7) is 5.38. The smallest absolute Gasteiger partial charge is 0.413 e. The maximum Gasteiger partial charge on any atom is 0.413 e. The zero-order valence-electron chi connectivity index (χ0n) is 13.0. The number of carbonyl (C=O) groups excluding carboxylic acids is 1. The normalized spacial score (nSPS) is 11.0. The number of halogens is 2. The standard InChI is InChI=1S/C16H17Cl2N3O2/c1-16(2,3)23-15(22)21-14-5-4-12(9-19-14)20-13-7-10(17)6-11(18)8-13/h4-9,20H,1-3H3,(H,19,21,22). The molecule has 23 heavy (non-hydrogen) atoms. The number of nitrogens with zero attached hydrogens (tertiary/aromatic N) is 1. The van der Waals surface area contributed by atoms with Crippen molar-refractivity contribution in [1.82, 2.24) is 4.98 Å². The third-order valence-corrected chi connectivity index (χ3v) is 2.98. The van der Waals surface area contributed by atoms with Gasteiger partial charge in [0.15, 0.2) is 0 Å². The van der Waals surface area contributed by atoms with Gasteiger partial charge in [0.05, 0.1) is 11.9 Å². The number of rotatable bonds is 3. The van der Waals surface area contributed by atoms with E-state index in [1.165, 1.54) is 0 Å². The summed E-state index contributed by atoms with van der Waals surface area (Å²) in [7, 11) is 0. The van der Waals surface area contributed by atoms with Crippen LogP contribution in [0.2, 0.25) is 10.0 Å². The van der Waals surface area contributed by atoms with Gasteiger partial charge in [-0.1, -0.05) is 23.2 Å².